The summed E-state index contributed by atoms with van der Waals surface area (Å²) in [5.74, 6) is 0.947. The minimum atomic E-state index is -1.14. The monoisotopic (exact) mass is 514 g/mol. The van der Waals surface area contributed by atoms with E-state index in [-0.39, 0.29) is 16.7 Å². The van der Waals surface area contributed by atoms with Crippen molar-refractivity contribution in [2.45, 2.75) is 11.8 Å². The fraction of sp³-hybridized carbons (Fsp3) is 0.111. The largest absolute Gasteiger partial charge is 0.497 e. The lowest BCUT2D eigenvalue weighted by Crippen LogP contribution is -2.01. The zero-order valence-electron chi connectivity index (χ0n) is 20.0. The third-order valence-corrected chi connectivity index (χ3v) is 6.11. The number of thioether (sulfide) groups is 1. The highest BCUT2D eigenvalue weighted by Crippen LogP contribution is 2.32. The van der Waals surface area contributed by atoms with Crippen molar-refractivity contribution in [1.29, 1.82) is 5.26 Å². The Morgan fingerprint density at radius 2 is 1.78 bits per heavy atom. The van der Waals surface area contributed by atoms with Crippen LogP contribution in [0.25, 0.3) is 17.5 Å². The molecule has 0 aliphatic rings. The van der Waals surface area contributed by atoms with Crippen LogP contribution in [0, 0.1) is 11.3 Å². The third-order valence-electron chi connectivity index (χ3n) is 5.23. The van der Waals surface area contributed by atoms with E-state index in [9.17, 15) is 15.2 Å². The molecule has 37 heavy (non-hydrogen) atoms. The summed E-state index contributed by atoms with van der Waals surface area (Å²) >= 11 is 0.903. The highest BCUT2D eigenvalue weighted by molar-refractivity contribution is 8.04. The van der Waals surface area contributed by atoms with Gasteiger partial charge in [0.15, 0.2) is 5.82 Å². The molecule has 0 atom stereocenters. The van der Waals surface area contributed by atoms with E-state index in [2.05, 4.69) is 21.3 Å². The van der Waals surface area contributed by atoms with Crippen molar-refractivity contribution in [1.82, 2.24) is 15.2 Å². The number of aromatic amines is 1. The smallest absolute Gasteiger partial charge is 0.342 e. The molecule has 0 radical (unpaired) electrons. The molecule has 3 aromatic carbocycles. The van der Waals surface area contributed by atoms with Crippen LogP contribution in [0.15, 0.2) is 76.8 Å². The van der Waals surface area contributed by atoms with Gasteiger partial charge in [0.05, 0.1) is 25.9 Å². The molecule has 0 saturated heterocycles. The van der Waals surface area contributed by atoms with Gasteiger partial charge in [0.2, 0.25) is 5.16 Å². The fourth-order valence-corrected chi connectivity index (χ4v) is 4.08. The molecule has 0 saturated carbocycles. The summed E-state index contributed by atoms with van der Waals surface area (Å²) in [6, 6.07) is 21.6. The lowest BCUT2D eigenvalue weighted by atomic mass is 10.1. The van der Waals surface area contributed by atoms with Gasteiger partial charge in [-0.05, 0) is 42.1 Å². The highest BCUT2D eigenvalue weighted by Gasteiger charge is 2.16. The number of para-hydroxylation sites is 1. The van der Waals surface area contributed by atoms with Crippen LogP contribution in [0.5, 0.6) is 17.2 Å². The van der Waals surface area contributed by atoms with E-state index in [0.717, 1.165) is 17.3 Å². The lowest BCUT2D eigenvalue weighted by Gasteiger charge is -2.11. The van der Waals surface area contributed by atoms with E-state index >= 15 is 0 Å². The summed E-state index contributed by atoms with van der Waals surface area (Å²) in [6.07, 6.45) is 1.50. The predicted octanol–water partition coefficient (Wildman–Crippen LogP) is 5.16. The molecular formula is C27H22N4O5S. The van der Waals surface area contributed by atoms with Gasteiger partial charge in [0.25, 0.3) is 0 Å². The molecule has 0 amide bonds. The molecule has 0 unspecified atom stereocenters. The maximum atomic E-state index is 12.1. The second kappa shape index (κ2) is 11.8. The molecular weight excluding hydrogens is 492 g/mol. The van der Waals surface area contributed by atoms with Crippen LogP contribution >= 0.6 is 11.8 Å². The van der Waals surface area contributed by atoms with Crippen LogP contribution in [0.4, 0.5) is 0 Å². The van der Waals surface area contributed by atoms with E-state index in [1.807, 2.05) is 12.1 Å². The Bertz CT molecular complexity index is 1470. The molecule has 4 aromatic rings. The number of carbonyl (C=O) groups is 1. The first kappa shape index (κ1) is 25.3. The maximum Gasteiger partial charge on any atom is 0.342 e. The molecule has 1 heterocycles. The number of aromatic nitrogens is 3. The van der Waals surface area contributed by atoms with Crippen LogP contribution < -0.4 is 14.2 Å². The number of methoxy groups -OCH3 is 2. The number of carboxylic acids is 1. The maximum absolute atomic E-state index is 12.1. The van der Waals surface area contributed by atoms with Crippen molar-refractivity contribution in [3.05, 3.63) is 88.3 Å². The average Bonchev–Trinajstić information content (AvgIpc) is 3.40. The average molecular weight is 515 g/mol. The van der Waals surface area contributed by atoms with Crippen LogP contribution in [0.2, 0.25) is 0 Å². The minimum Gasteiger partial charge on any atom is -0.497 e. The predicted molar refractivity (Wildman–Crippen MR) is 138 cm³/mol. The van der Waals surface area contributed by atoms with Gasteiger partial charge < -0.3 is 19.3 Å². The Hall–Kier alpha value is -4.75. The molecule has 0 aliphatic heterocycles. The van der Waals surface area contributed by atoms with Crippen LogP contribution in [0.3, 0.4) is 0 Å². The molecule has 4 rings (SSSR count). The molecule has 0 aliphatic carbocycles. The number of rotatable bonds is 10. The van der Waals surface area contributed by atoms with Crippen LogP contribution in [-0.4, -0.2) is 40.5 Å². The summed E-state index contributed by atoms with van der Waals surface area (Å²) in [5, 5.41) is 26.4. The van der Waals surface area contributed by atoms with Crippen molar-refractivity contribution in [3.8, 4) is 34.7 Å². The van der Waals surface area contributed by atoms with Gasteiger partial charge in [-0.1, -0.05) is 36.4 Å². The second-order valence-electron chi connectivity index (χ2n) is 7.58. The van der Waals surface area contributed by atoms with Crippen LogP contribution in [-0.2, 0) is 11.4 Å². The Kier molecular flexibility index (Phi) is 8.08. The van der Waals surface area contributed by atoms with E-state index in [4.69, 9.17) is 14.2 Å². The number of hydrogen-bond donors (Lipinski definition) is 2. The number of aliphatic carboxylic acids is 1. The summed E-state index contributed by atoms with van der Waals surface area (Å²) < 4.78 is 16.5. The lowest BCUT2D eigenvalue weighted by molar-refractivity contribution is -0.131. The molecule has 9 nitrogen and oxygen atoms in total. The topological polar surface area (TPSA) is 130 Å². The van der Waals surface area contributed by atoms with Gasteiger partial charge >= 0.3 is 5.97 Å². The molecule has 2 N–H and O–H groups in total. The standard InChI is InChI=1S/C27H22N4O5S/c1-34-21-11-20(12-22(14-21)35-2)25-29-27(31-30-25)37-24(26(32)33)13-17-7-5-6-10-23(17)36-16-19-9-4-3-8-18(19)15-28/h3-14H,16H2,1-2H3,(H,32,33)(H,29,30,31)/b24-13-. The van der Waals surface area contributed by atoms with E-state index in [1.165, 1.54) is 6.08 Å². The first-order valence-electron chi connectivity index (χ1n) is 11.0. The number of nitrogens with zero attached hydrogens (tertiary/aromatic N) is 3. The molecule has 186 valence electrons. The molecule has 0 bridgehead atoms. The van der Waals surface area contributed by atoms with E-state index in [0.29, 0.717) is 39.8 Å². The van der Waals surface area contributed by atoms with Gasteiger partial charge in [-0.25, -0.2) is 9.78 Å². The van der Waals surface area contributed by atoms with Crippen molar-refractivity contribution in [2.75, 3.05) is 14.2 Å². The Labute approximate surface area is 217 Å². The summed E-state index contributed by atoms with van der Waals surface area (Å²) in [6.45, 7) is 0.165. The molecule has 10 heteroatoms. The van der Waals surface area contributed by atoms with E-state index < -0.39 is 5.97 Å². The Morgan fingerprint density at radius 1 is 1.08 bits per heavy atom. The van der Waals surface area contributed by atoms with Gasteiger partial charge in [0, 0.05) is 22.8 Å². The second-order valence-corrected chi connectivity index (χ2v) is 8.59. The van der Waals surface area contributed by atoms with Gasteiger partial charge in [-0.3, -0.25) is 5.10 Å². The number of benzene rings is 3. The highest BCUT2D eigenvalue weighted by atomic mass is 32.2. The van der Waals surface area contributed by atoms with Crippen LogP contribution in [0.1, 0.15) is 16.7 Å². The summed E-state index contributed by atoms with van der Waals surface area (Å²) in [7, 11) is 3.10. The molecule has 0 fully saturated rings. The SMILES string of the molecule is COc1cc(OC)cc(-c2nc(S/C(=C\c3ccccc3OCc3ccccc3C#N)C(=O)O)n[nH]2)c1. The molecule has 1 aromatic heterocycles. The fourth-order valence-electron chi connectivity index (χ4n) is 3.38. The summed E-state index contributed by atoms with van der Waals surface area (Å²) in [4.78, 5) is 16.5. The third kappa shape index (κ3) is 6.28. The zero-order valence-corrected chi connectivity index (χ0v) is 20.8. The Morgan fingerprint density at radius 3 is 2.49 bits per heavy atom. The number of H-pyrrole nitrogens is 1. The van der Waals surface area contributed by atoms with Crippen molar-refractivity contribution in [2.24, 2.45) is 0 Å². The normalized spacial score (nSPS) is 11.0. The van der Waals surface area contributed by atoms with Gasteiger partial charge in [-0.2, -0.15) is 5.26 Å². The Balaban J connectivity index is 1.57. The first-order valence-corrected chi connectivity index (χ1v) is 11.8. The van der Waals surface area contributed by atoms with Crippen molar-refractivity contribution < 1.29 is 24.1 Å². The van der Waals surface area contributed by atoms with Crippen molar-refractivity contribution >= 4 is 23.8 Å². The zero-order chi connectivity index (χ0) is 26.2. The number of hydrogen-bond acceptors (Lipinski definition) is 8. The number of nitriles is 1. The number of carboxylic acid groups (broad SMARTS) is 1. The number of nitrogens with one attached hydrogen (secondary N) is 1. The first-order chi connectivity index (χ1) is 18.0. The number of ether oxygens (including phenoxy) is 3. The molecule has 0 spiro atoms. The van der Waals surface area contributed by atoms with Crippen molar-refractivity contribution in [3.63, 3.8) is 0 Å². The minimum absolute atomic E-state index is 0.00208. The summed E-state index contributed by atoms with van der Waals surface area (Å²) in [5.41, 5.74) is 2.49. The van der Waals surface area contributed by atoms with Gasteiger partial charge in [0.1, 0.15) is 28.8 Å². The van der Waals surface area contributed by atoms with E-state index in [1.54, 1.807) is 68.8 Å². The quantitative estimate of drug-likeness (QED) is 0.218. The van der Waals surface area contributed by atoms with Gasteiger partial charge in [-0.15, -0.1) is 5.10 Å².